The van der Waals surface area contributed by atoms with E-state index in [2.05, 4.69) is 5.32 Å². The molecule has 110 valence electrons. The molecule has 20 heavy (non-hydrogen) atoms. The SMILES string of the molecule is Cl.N=C(N)COc1ccc(C(=O)NC2CCCC2)cc1. The van der Waals surface area contributed by atoms with Gasteiger partial charge >= 0.3 is 0 Å². The van der Waals surface area contributed by atoms with Crippen LogP contribution in [0.1, 0.15) is 36.0 Å². The van der Waals surface area contributed by atoms with Crippen molar-refractivity contribution >= 4 is 24.1 Å². The predicted molar refractivity (Wildman–Crippen MR) is 80.8 cm³/mol. The van der Waals surface area contributed by atoms with Gasteiger partial charge in [0, 0.05) is 11.6 Å². The summed E-state index contributed by atoms with van der Waals surface area (Å²) in [7, 11) is 0. The van der Waals surface area contributed by atoms with Crippen LogP contribution in [0.5, 0.6) is 5.75 Å². The molecule has 0 atom stereocenters. The molecule has 0 saturated heterocycles. The van der Waals surface area contributed by atoms with E-state index in [0.717, 1.165) is 12.8 Å². The third-order valence-corrected chi connectivity index (χ3v) is 3.20. The summed E-state index contributed by atoms with van der Waals surface area (Å²) in [4.78, 5) is 12.0. The first-order valence-corrected chi connectivity index (χ1v) is 6.52. The van der Waals surface area contributed by atoms with E-state index in [0.29, 0.717) is 17.4 Å². The molecule has 0 aromatic heterocycles. The topological polar surface area (TPSA) is 88.2 Å². The fourth-order valence-electron chi connectivity index (χ4n) is 2.20. The molecule has 0 unspecified atom stereocenters. The van der Waals surface area contributed by atoms with E-state index in [-0.39, 0.29) is 30.8 Å². The van der Waals surface area contributed by atoms with Gasteiger partial charge in [-0.05, 0) is 37.1 Å². The second-order valence-corrected chi connectivity index (χ2v) is 4.79. The smallest absolute Gasteiger partial charge is 0.251 e. The Labute approximate surface area is 124 Å². The number of nitrogens with one attached hydrogen (secondary N) is 2. The number of hydrogen-bond acceptors (Lipinski definition) is 3. The summed E-state index contributed by atoms with van der Waals surface area (Å²) in [6.07, 6.45) is 4.54. The standard InChI is InChI=1S/C14H19N3O2.ClH/c15-13(16)9-19-12-7-5-10(6-8-12)14(18)17-11-3-1-2-4-11;/h5-8,11H,1-4,9H2,(H3,15,16)(H,17,18);1H. The Bertz CT molecular complexity index is 456. The maximum absolute atomic E-state index is 12.0. The number of amidine groups is 1. The highest BCUT2D eigenvalue weighted by Crippen LogP contribution is 2.18. The molecule has 1 aliphatic carbocycles. The van der Waals surface area contributed by atoms with Crippen molar-refractivity contribution in [3.05, 3.63) is 29.8 Å². The molecule has 1 amide bonds. The molecule has 1 aromatic rings. The lowest BCUT2D eigenvalue weighted by Gasteiger charge is -2.12. The molecular formula is C14H20ClN3O2. The van der Waals surface area contributed by atoms with Crippen molar-refractivity contribution in [3.63, 3.8) is 0 Å². The fourth-order valence-corrected chi connectivity index (χ4v) is 2.20. The minimum absolute atomic E-state index is 0. The maximum Gasteiger partial charge on any atom is 0.251 e. The summed E-state index contributed by atoms with van der Waals surface area (Å²) in [5, 5.41) is 10.1. The zero-order valence-electron chi connectivity index (χ0n) is 11.2. The zero-order valence-corrected chi connectivity index (χ0v) is 12.0. The molecule has 1 aliphatic rings. The molecule has 1 saturated carbocycles. The molecule has 0 spiro atoms. The Hall–Kier alpha value is -1.75. The minimum atomic E-state index is -0.0370. The quantitative estimate of drug-likeness (QED) is 0.574. The van der Waals surface area contributed by atoms with Gasteiger partial charge in [0.2, 0.25) is 0 Å². The Morgan fingerprint density at radius 1 is 1.30 bits per heavy atom. The molecule has 0 heterocycles. The van der Waals surface area contributed by atoms with Crippen molar-refractivity contribution in [1.82, 2.24) is 5.32 Å². The molecule has 0 radical (unpaired) electrons. The van der Waals surface area contributed by atoms with Gasteiger partial charge in [-0.1, -0.05) is 12.8 Å². The summed E-state index contributed by atoms with van der Waals surface area (Å²) in [5.41, 5.74) is 5.83. The first-order chi connectivity index (χ1) is 9.15. The number of carbonyl (C=O) groups excluding carboxylic acids is 1. The van der Waals surface area contributed by atoms with Crippen LogP contribution in [-0.2, 0) is 0 Å². The number of rotatable bonds is 5. The number of amides is 1. The van der Waals surface area contributed by atoms with Gasteiger partial charge < -0.3 is 15.8 Å². The molecule has 6 heteroatoms. The lowest BCUT2D eigenvalue weighted by Crippen LogP contribution is -2.32. The molecule has 0 aliphatic heterocycles. The summed E-state index contributed by atoms with van der Waals surface area (Å²) in [6.45, 7) is 0.0631. The van der Waals surface area contributed by atoms with Gasteiger partial charge in [0.05, 0.1) is 0 Å². The number of ether oxygens (including phenoxy) is 1. The molecule has 2 rings (SSSR count). The van der Waals surface area contributed by atoms with E-state index in [1.54, 1.807) is 24.3 Å². The van der Waals surface area contributed by atoms with Crippen molar-refractivity contribution in [2.75, 3.05) is 6.61 Å². The summed E-state index contributed by atoms with van der Waals surface area (Å²) in [5.74, 6) is 0.542. The third-order valence-electron chi connectivity index (χ3n) is 3.20. The van der Waals surface area contributed by atoms with Gasteiger partial charge in [0.15, 0.2) is 0 Å². The molecule has 5 nitrogen and oxygen atoms in total. The van der Waals surface area contributed by atoms with Crippen LogP contribution in [0.3, 0.4) is 0 Å². The van der Waals surface area contributed by atoms with E-state index in [1.807, 2.05) is 0 Å². The normalized spacial score (nSPS) is 14.4. The van der Waals surface area contributed by atoms with Crippen LogP contribution in [0.4, 0.5) is 0 Å². The number of carbonyl (C=O) groups is 1. The highest BCUT2D eigenvalue weighted by atomic mass is 35.5. The maximum atomic E-state index is 12.0. The Kier molecular flexibility index (Phi) is 6.31. The average molecular weight is 298 g/mol. The summed E-state index contributed by atoms with van der Waals surface area (Å²) < 4.78 is 5.25. The minimum Gasteiger partial charge on any atom is -0.486 e. The van der Waals surface area contributed by atoms with Crippen molar-refractivity contribution in [3.8, 4) is 5.75 Å². The van der Waals surface area contributed by atoms with Gasteiger partial charge in [0.1, 0.15) is 18.2 Å². The summed E-state index contributed by atoms with van der Waals surface area (Å²) >= 11 is 0. The van der Waals surface area contributed by atoms with Crippen LogP contribution in [0.15, 0.2) is 24.3 Å². The van der Waals surface area contributed by atoms with Crippen LogP contribution in [0, 0.1) is 5.41 Å². The van der Waals surface area contributed by atoms with Crippen LogP contribution in [0.2, 0.25) is 0 Å². The monoisotopic (exact) mass is 297 g/mol. The van der Waals surface area contributed by atoms with Crippen molar-refractivity contribution < 1.29 is 9.53 Å². The number of nitrogens with two attached hydrogens (primary N) is 1. The molecule has 0 bridgehead atoms. The molecule has 4 N–H and O–H groups in total. The fraction of sp³-hybridized carbons (Fsp3) is 0.429. The lowest BCUT2D eigenvalue weighted by atomic mass is 10.1. The Balaban J connectivity index is 0.00000200. The van der Waals surface area contributed by atoms with E-state index in [4.69, 9.17) is 15.9 Å². The van der Waals surface area contributed by atoms with Crippen LogP contribution in [0.25, 0.3) is 0 Å². The second-order valence-electron chi connectivity index (χ2n) is 4.79. The largest absolute Gasteiger partial charge is 0.486 e. The first-order valence-electron chi connectivity index (χ1n) is 6.52. The van der Waals surface area contributed by atoms with Crippen LogP contribution in [-0.4, -0.2) is 24.4 Å². The van der Waals surface area contributed by atoms with Crippen molar-refractivity contribution in [2.24, 2.45) is 5.73 Å². The number of hydrogen-bond donors (Lipinski definition) is 3. The van der Waals surface area contributed by atoms with Gasteiger partial charge in [-0.2, -0.15) is 0 Å². The first kappa shape index (κ1) is 16.3. The summed E-state index contributed by atoms with van der Waals surface area (Å²) in [6, 6.07) is 7.19. The van der Waals surface area contributed by atoms with Crippen LogP contribution < -0.4 is 15.8 Å². The molecular weight excluding hydrogens is 278 g/mol. The molecule has 1 aromatic carbocycles. The van der Waals surface area contributed by atoms with Gasteiger partial charge in [-0.15, -0.1) is 12.4 Å². The van der Waals surface area contributed by atoms with Crippen molar-refractivity contribution in [1.29, 1.82) is 5.41 Å². The van der Waals surface area contributed by atoms with Gasteiger partial charge in [-0.3, -0.25) is 10.2 Å². The highest BCUT2D eigenvalue weighted by molar-refractivity contribution is 5.94. The lowest BCUT2D eigenvalue weighted by molar-refractivity contribution is 0.0938. The van der Waals surface area contributed by atoms with Crippen molar-refractivity contribution in [2.45, 2.75) is 31.7 Å². The predicted octanol–water partition coefficient (Wildman–Crippen LogP) is 2.10. The number of halogens is 1. The zero-order chi connectivity index (χ0) is 13.7. The van der Waals surface area contributed by atoms with E-state index in [9.17, 15) is 4.79 Å². The molecule has 1 fully saturated rings. The average Bonchev–Trinajstić information content (AvgIpc) is 2.89. The number of benzene rings is 1. The second kappa shape index (κ2) is 7.75. The van der Waals surface area contributed by atoms with Gasteiger partial charge in [0.25, 0.3) is 5.91 Å². The third kappa shape index (κ3) is 4.74. The Morgan fingerprint density at radius 2 is 1.90 bits per heavy atom. The highest BCUT2D eigenvalue weighted by Gasteiger charge is 2.17. The van der Waals surface area contributed by atoms with Gasteiger partial charge in [-0.25, -0.2) is 0 Å². The Morgan fingerprint density at radius 3 is 2.45 bits per heavy atom. The van der Waals surface area contributed by atoms with E-state index < -0.39 is 0 Å². The van der Waals surface area contributed by atoms with E-state index >= 15 is 0 Å². The van der Waals surface area contributed by atoms with Crippen LogP contribution >= 0.6 is 12.4 Å². The van der Waals surface area contributed by atoms with E-state index in [1.165, 1.54) is 12.8 Å².